The fourth-order valence-electron chi connectivity index (χ4n) is 1.11. The van der Waals surface area contributed by atoms with Gasteiger partial charge in [-0.25, -0.2) is 0 Å². The van der Waals surface area contributed by atoms with Crippen molar-refractivity contribution in [2.75, 3.05) is 43.2 Å². The van der Waals surface area contributed by atoms with Crippen LogP contribution in [0.5, 0.6) is 0 Å². The van der Waals surface area contributed by atoms with Crippen LogP contribution in [0.2, 0.25) is 5.28 Å². The van der Waals surface area contributed by atoms with E-state index in [-0.39, 0.29) is 10.5 Å². The molecular formula is C10H17ClN6OS. The molecule has 7 nitrogen and oxygen atoms in total. The number of hydrogen-bond donors (Lipinski definition) is 2. The molecule has 1 aromatic heterocycles. The first-order chi connectivity index (χ1) is 9.06. The molecule has 1 aromatic rings. The van der Waals surface area contributed by atoms with Gasteiger partial charge in [-0.1, -0.05) is 11.8 Å². The molecule has 1 heterocycles. The van der Waals surface area contributed by atoms with Crippen molar-refractivity contribution < 1.29 is 4.79 Å². The lowest BCUT2D eigenvalue weighted by Crippen LogP contribution is -2.20. The minimum atomic E-state index is -0.0677. The van der Waals surface area contributed by atoms with Gasteiger partial charge < -0.3 is 15.5 Å². The fraction of sp³-hybridized carbons (Fsp3) is 0.600. The van der Waals surface area contributed by atoms with E-state index in [9.17, 15) is 4.79 Å². The molecule has 0 fully saturated rings. The highest BCUT2D eigenvalue weighted by Gasteiger charge is 2.08. The summed E-state index contributed by atoms with van der Waals surface area (Å²) in [6, 6.07) is 0. The number of thioether (sulfide) groups is 1. The standard InChI is InChI=1S/C10H17ClN6OS/c1-4-17(3)9-15-7(11)14-8(16-9)13-5-6-19-10(18)12-2/h4-6H2,1-3H3,(H,12,18)(H,13,14,15,16). The number of carbonyl (C=O) groups excluding carboxylic acids is 1. The van der Waals surface area contributed by atoms with E-state index in [1.54, 1.807) is 7.05 Å². The Morgan fingerprint density at radius 2 is 2.16 bits per heavy atom. The zero-order chi connectivity index (χ0) is 14.3. The van der Waals surface area contributed by atoms with Gasteiger partial charge in [-0.05, 0) is 18.5 Å². The lowest BCUT2D eigenvalue weighted by atomic mass is 10.6. The molecule has 0 radical (unpaired) electrons. The maximum Gasteiger partial charge on any atom is 0.278 e. The van der Waals surface area contributed by atoms with Crippen LogP contribution in [-0.2, 0) is 0 Å². The van der Waals surface area contributed by atoms with E-state index in [0.29, 0.717) is 24.2 Å². The van der Waals surface area contributed by atoms with Crippen molar-refractivity contribution in [3.05, 3.63) is 5.28 Å². The van der Waals surface area contributed by atoms with E-state index in [1.165, 1.54) is 11.8 Å². The lowest BCUT2D eigenvalue weighted by Gasteiger charge is -2.15. The molecule has 0 saturated carbocycles. The smallest absolute Gasteiger partial charge is 0.278 e. The number of rotatable bonds is 6. The van der Waals surface area contributed by atoms with Crippen LogP contribution in [0.4, 0.5) is 16.7 Å². The molecule has 0 spiro atoms. The highest BCUT2D eigenvalue weighted by atomic mass is 35.5. The van der Waals surface area contributed by atoms with Crippen molar-refractivity contribution in [1.82, 2.24) is 20.3 Å². The van der Waals surface area contributed by atoms with E-state index >= 15 is 0 Å². The molecule has 0 aliphatic carbocycles. The molecule has 106 valence electrons. The Balaban J connectivity index is 2.54. The lowest BCUT2D eigenvalue weighted by molar-refractivity contribution is 0.262. The van der Waals surface area contributed by atoms with Crippen LogP contribution < -0.4 is 15.5 Å². The summed E-state index contributed by atoms with van der Waals surface area (Å²) in [4.78, 5) is 25.1. The quantitative estimate of drug-likeness (QED) is 0.770. The van der Waals surface area contributed by atoms with E-state index in [1.807, 2.05) is 18.9 Å². The minimum absolute atomic E-state index is 0.0677. The predicted octanol–water partition coefficient (Wildman–Crippen LogP) is 1.47. The summed E-state index contributed by atoms with van der Waals surface area (Å²) >= 11 is 7.03. The molecule has 0 aliphatic heterocycles. The number of amides is 1. The SMILES string of the molecule is CCN(C)c1nc(Cl)nc(NCCSC(=O)NC)n1. The summed E-state index contributed by atoms with van der Waals surface area (Å²) in [6.45, 7) is 3.32. The molecule has 19 heavy (non-hydrogen) atoms. The molecule has 2 N–H and O–H groups in total. The van der Waals surface area contributed by atoms with Crippen LogP contribution in [0.15, 0.2) is 0 Å². The van der Waals surface area contributed by atoms with Gasteiger partial charge in [0.25, 0.3) is 5.24 Å². The molecule has 0 unspecified atom stereocenters. The van der Waals surface area contributed by atoms with Crippen LogP contribution in [0, 0.1) is 0 Å². The number of nitrogens with one attached hydrogen (secondary N) is 2. The Kier molecular flexibility index (Phi) is 6.65. The van der Waals surface area contributed by atoms with Crippen molar-refractivity contribution in [1.29, 1.82) is 0 Å². The molecule has 0 atom stereocenters. The number of hydrogen-bond acceptors (Lipinski definition) is 7. The third-order valence-electron chi connectivity index (χ3n) is 2.23. The summed E-state index contributed by atoms with van der Waals surface area (Å²) in [5.74, 6) is 1.54. The average Bonchev–Trinajstić information content (AvgIpc) is 2.41. The average molecular weight is 305 g/mol. The Bertz CT molecular complexity index is 432. The maximum absolute atomic E-state index is 11.0. The molecule has 9 heteroatoms. The van der Waals surface area contributed by atoms with Crippen molar-refractivity contribution in [3.8, 4) is 0 Å². The van der Waals surface area contributed by atoms with Gasteiger partial charge in [0.05, 0.1) is 0 Å². The van der Waals surface area contributed by atoms with Gasteiger partial charge in [0.1, 0.15) is 0 Å². The van der Waals surface area contributed by atoms with Gasteiger partial charge in [-0.3, -0.25) is 4.79 Å². The second-order valence-corrected chi connectivity index (χ2v) is 4.96. The Labute approximate surface area is 121 Å². The van der Waals surface area contributed by atoms with Crippen molar-refractivity contribution >= 4 is 40.5 Å². The fourth-order valence-corrected chi connectivity index (χ4v) is 1.80. The van der Waals surface area contributed by atoms with Crippen LogP contribution in [0.3, 0.4) is 0 Å². The van der Waals surface area contributed by atoms with E-state index in [0.717, 1.165) is 6.54 Å². The Morgan fingerprint density at radius 1 is 1.42 bits per heavy atom. The summed E-state index contributed by atoms with van der Waals surface area (Å²) in [6.07, 6.45) is 0. The number of anilines is 2. The molecule has 1 amide bonds. The van der Waals surface area contributed by atoms with E-state index < -0.39 is 0 Å². The van der Waals surface area contributed by atoms with Gasteiger partial charge in [-0.15, -0.1) is 0 Å². The first-order valence-electron chi connectivity index (χ1n) is 5.78. The second kappa shape index (κ2) is 8.00. The molecule has 0 aliphatic rings. The van der Waals surface area contributed by atoms with Crippen molar-refractivity contribution in [2.45, 2.75) is 6.92 Å². The van der Waals surface area contributed by atoms with Crippen molar-refractivity contribution in [3.63, 3.8) is 0 Å². The van der Waals surface area contributed by atoms with Gasteiger partial charge >= 0.3 is 0 Å². The van der Waals surface area contributed by atoms with Gasteiger partial charge in [0, 0.05) is 32.9 Å². The van der Waals surface area contributed by atoms with Crippen LogP contribution >= 0.6 is 23.4 Å². The maximum atomic E-state index is 11.0. The Hall–Kier alpha value is -1.28. The summed E-state index contributed by atoms with van der Waals surface area (Å²) in [7, 11) is 3.47. The molecular weight excluding hydrogens is 288 g/mol. The Morgan fingerprint density at radius 3 is 2.79 bits per heavy atom. The van der Waals surface area contributed by atoms with Gasteiger partial charge in [0.15, 0.2) is 0 Å². The van der Waals surface area contributed by atoms with Gasteiger partial charge in [-0.2, -0.15) is 15.0 Å². The van der Waals surface area contributed by atoms with Gasteiger partial charge in [0.2, 0.25) is 17.2 Å². The van der Waals surface area contributed by atoms with Crippen molar-refractivity contribution in [2.24, 2.45) is 0 Å². The molecule has 1 rings (SSSR count). The third kappa shape index (κ3) is 5.48. The normalized spacial score (nSPS) is 10.1. The highest BCUT2D eigenvalue weighted by molar-refractivity contribution is 8.13. The number of nitrogens with zero attached hydrogens (tertiary/aromatic N) is 4. The van der Waals surface area contributed by atoms with Crippen LogP contribution in [0.1, 0.15) is 6.92 Å². The third-order valence-corrected chi connectivity index (χ3v) is 3.28. The summed E-state index contributed by atoms with van der Waals surface area (Å²) < 4.78 is 0. The number of aromatic nitrogens is 3. The minimum Gasteiger partial charge on any atom is -0.353 e. The zero-order valence-corrected chi connectivity index (χ0v) is 12.7. The largest absolute Gasteiger partial charge is 0.353 e. The van der Waals surface area contributed by atoms with E-state index in [2.05, 4.69) is 25.6 Å². The molecule has 0 aromatic carbocycles. The van der Waals surface area contributed by atoms with E-state index in [4.69, 9.17) is 11.6 Å². The second-order valence-electron chi connectivity index (χ2n) is 3.55. The first-order valence-corrected chi connectivity index (χ1v) is 7.14. The first kappa shape index (κ1) is 15.8. The topological polar surface area (TPSA) is 83.0 Å². The summed E-state index contributed by atoms with van der Waals surface area (Å²) in [5, 5.41) is 5.62. The summed E-state index contributed by atoms with van der Waals surface area (Å²) in [5.41, 5.74) is 0. The monoisotopic (exact) mass is 304 g/mol. The molecule has 0 saturated heterocycles. The highest BCUT2D eigenvalue weighted by Crippen LogP contribution is 2.12. The number of halogens is 1. The predicted molar refractivity (Wildman–Crippen MR) is 79.2 cm³/mol. The van der Waals surface area contributed by atoms with Crippen LogP contribution in [0.25, 0.3) is 0 Å². The molecule has 0 bridgehead atoms. The number of carbonyl (C=O) groups is 1. The van der Waals surface area contributed by atoms with Crippen LogP contribution in [-0.4, -0.2) is 53.1 Å². The zero-order valence-electron chi connectivity index (χ0n) is 11.1.